The zero-order valence-corrected chi connectivity index (χ0v) is 11.2. The third-order valence-electron chi connectivity index (χ3n) is 4.16. The van der Waals surface area contributed by atoms with Crippen LogP contribution in [0.2, 0.25) is 0 Å². The van der Waals surface area contributed by atoms with E-state index in [1.54, 1.807) is 11.3 Å². The first-order valence-corrected chi connectivity index (χ1v) is 7.32. The third kappa shape index (κ3) is 2.25. The van der Waals surface area contributed by atoms with Gasteiger partial charge in [-0.05, 0) is 57.1 Å². The van der Waals surface area contributed by atoms with Gasteiger partial charge in [0.25, 0.3) is 0 Å². The topological polar surface area (TPSA) is 29.1 Å². The van der Waals surface area contributed by atoms with Crippen molar-refractivity contribution in [2.75, 3.05) is 0 Å². The molecule has 0 aromatic carbocycles. The molecule has 2 saturated carbocycles. The van der Waals surface area contributed by atoms with E-state index in [-0.39, 0.29) is 11.9 Å². The van der Waals surface area contributed by atoms with E-state index in [4.69, 9.17) is 0 Å². The molecule has 2 aliphatic carbocycles. The van der Waals surface area contributed by atoms with Gasteiger partial charge in [-0.1, -0.05) is 0 Å². The monoisotopic (exact) mass is 249 g/mol. The highest BCUT2D eigenvalue weighted by Gasteiger charge is 2.48. The molecule has 0 aliphatic heterocycles. The average molecular weight is 249 g/mol. The first-order chi connectivity index (χ1) is 8.13. The summed E-state index contributed by atoms with van der Waals surface area (Å²) in [4.78, 5) is 14.7. The maximum absolute atomic E-state index is 12.1. The lowest BCUT2D eigenvalue weighted by Crippen LogP contribution is -2.31. The third-order valence-corrected chi connectivity index (χ3v) is 5.34. The molecule has 2 aliphatic rings. The minimum absolute atomic E-state index is 0.165. The summed E-state index contributed by atoms with van der Waals surface area (Å²) in [5, 5.41) is 3.16. The molecule has 0 bridgehead atoms. The Labute approximate surface area is 106 Å². The summed E-state index contributed by atoms with van der Waals surface area (Å²) in [5.41, 5.74) is 0. The van der Waals surface area contributed by atoms with E-state index < -0.39 is 0 Å². The van der Waals surface area contributed by atoms with Crippen LogP contribution in [0.1, 0.15) is 42.0 Å². The standard InChI is InChI=1S/C14H19NOS/c1-8-3-4-13(17-8)9(2)15-14(16)12-6-10-5-11(10)7-12/h3-4,9-12H,5-7H2,1-2H3,(H,15,16). The van der Waals surface area contributed by atoms with Crippen LogP contribution in [-0.2, 0) is 4.79 Å². The van der Waals surface area contributed by atoms with Gasteiger partial charge in [0, 0.05) is 15.7 Å². The molecule has 92 valence electrons. The van der Waals surface area contributed by atoms with Crippen molar-refractivity contribution < 1.29 is 4.79 Å². The lowest BCUT2D eigenvalue weighted by atomic mass is 10.0. The van der Waals surface area contributed by atoms with E-state index in [0.717, 1.165) is 24.7 Å². The number of nitrogens with one attached hydrogen (secondary N) is 1. The van der Waals surface area contributed by atoms with Gasteiger partial charge in [0.05, 0.1) is 6.04 Å². The highest BCUT2D eigenvalue weighted by atomic mass is 32.1. The Morgan fingerprint density at radius 3 is 2.65 bits per heavy atom. The maximum Gasteiger partial charge on any atom is 0.223 e. The number of rotatable bonds is 3. The quantitative estimate of drug-likeness (QED) is 0.875. The van der Waals surface area contributed by atoms with E-state index in [0.29, 0.717) is 5.92 Å². The van der Waals surface area contributed by atoms with E-state index in [1.165, 1.54) is 16.2 Å². The van der Waals surface area contributed by atoms with Crippen LogP contribution in [0.4, 0.5) is 0 Å². The number of amides is 1. The molecular formula is C14H19NOS. The van der Waals surface area contributed by atoms with Crippen LogP contribution in [0.15, 0.2) is 12.1 Å². The Hall–Kier alpha value is -0.830. The van der Waals surface area contributed by atoms with Crippen LogP contribution in [0.3, 0.4) is 0 Å². The van der Waals surface area contributed by atoms with E-state index in [2.05, 4.69) is 31.3 Å². The van der Waals surface area contributed by atoms with Gasteiger partial charge in [0.1, 0.15) is 0 Å². The predicted molar refractivity (Wildman–Crippen MR) is 69.9 cm³/mol. The van der Waals surface area contributed by atoms with Gasteiger partial charge in [-0.2, -0.15) is 0 Å². The van der Waals surface area contributed by atoms with Crippen molar-refractivity contribution in [1.29, 1.82) is 0 Å². The molecule has 0 radical (unpaired) electrons. The molecule has 3 atom stereocenters. The van der Waals surface area contributed by atoms with Crippen molar-refractivity contribution in [3.05, 3.63) is 21.9 Å². The predicted octanol–water partition coefficient (Wildman–Crippen LogP) is 3.28. The van der Waals surface area contributed by atoms with E-state index in [9.17, 15) is 4.79 Å². The normalized spacial score (nSPS) is 32.0. The molecule has 1 heterocycles. The number of fused-ring (bicyclic) bond motifs is 1. The van der Waals surface area contributed by atoms with Crippen LogP contribution >= 0.6 is 11.3 Å². The number of carbonyl (C=O) groups is 1. The molecule has 2 fully saturated rings. The minimum Gasteiger partial charge on any atom is -0.349 e. The van der Waals surface area contributed by atoms with Crippen LogP contribution in [0.25, 0.3) is 0 Å². The Kier molecular flexibility index (Phi) is 2.74. The van der Waals surface area contributed by atoms with Crippen LogP contribution in [0, 0.1) is 24.7 Å². The lowest BCUT2D eigenvalue weighted by Gasteiger charge is -2.16. The molecule has 1 aromatic heterocycles. The zero-order chi connectivity index (χ0) is 12.0. The van der Waals surface area contributed by atoms with Crippen LogP contribution < -0.4 is 5.32 Å². The molecule has 17 heavy (non-hydrogen) atoms. The fourth-order valence-corrected chi connectivity index (χ4v) is 3.90. The molecule has 2 nitrogen and oxygen atoms in total. The van der Waals surface area contributed by atoms with Crippen LogP contribution in [0.5, 0.6) is 0 Å². The van der Waals surface area contributed by atoms with Crippen molar-refractivity contribution in [2.24, 2.45) is 17.8 Å². The van der Waals surface area contributed by atoms with Gasteiger partial charge in [-0.15, -0.1) is 11.3 Å². The first-order valence-electron chi connectivity index (χ1n) is 6.50. The second kappa shape index (κ2) is 4.13. The van der Waals surface area contributed by atoms with Crippen molar-refractivity contribution >= 4 is 17.2 Å². The number of hydrogen-bond acceptors (Lipinski definition) is 2. The minimum atomic E-state index is 0.165. The molecule has 1 amide bonds. The summed E-state index contributed by atoms with van der Waals surface area (Å²) in [6, 6.07) is 4.41. The molecule has 1 N–H and O–H groups in total. The van der Waals surface area contributed by atoms with Crippen LogP contribution in [-0.4, -0.2) is 5.91 Å². The number of carbonyl (C=O) groups excluding carboxylic acids is 1. The van der Waals surface area contributed by atoms with Crippen molar-refractivity contribution in [3.8, 4) is 0 Å². The molecule has 0 saturated heterocycles. The fourth-order valence-electron chi connectivity index (χ4n) is 3.02. The molecule has 3 rings (SSSR count). The maximum atomic E-state index is 12.1. The largest absolute Gasteiger partial charge is 0.349 e. The van der Waals surface area contributed by atoms with Crippen molar-refractivity contribution in [1.82, 2.24) is 5.32 Å². The summed E-state index contributed by atoms with van der Waals surface area (Å²) >= 11 is 1.77. The average Bonchev–Trinajstić information content (AvgIpc) is 2.74. The van der Waals surface area contributed by atoms with Gasteiger partial charge in [-0.3, -0.25) is 4.79 Å². The molecular weight excluding hydrogens is 230 g/mol. The zero-order valence-electron chi connectivity index (χ0n) is 10.4. The van der Waals surface area contributed by atoms with Gasteiger partial charge < -0.3 is 5.32 Å². The first kappa shape index (κ1) is 11.3. The number of thiophene rings is 1. The summed E-state index contributed by atoms with van der Waals surface area (Å²) < 4.78 is 0. The Morgan fingerprint density at radius 1 is 1.35 bits per heavy atom. The van der Waals surface area contributed by atoms with Gasteiger partial charge in [-0.25, -0.2) is 0 Å². The second-order valence-electron chi connectivity index (χ2n) is 5.60. The number of aryl methyl sites for hydroxylation is 1. The van der Waals surface area contributed by atoms with E-state index in [1.807, 2.05) is 0 Å². The van der Waals surface area contributed by atoms with E-state index >= 15 is 0 Å². The highest BCUT2D eigenvalue weighted by molar-refractivity contribution is 7.12. The molecule has 1 aromatic rings. The summed E-state index contributed by atoms with van der Waals surface area (Å²) in [7, 11) is 0. The highest BCUT2D eigenvalue weighted by Crippen LogP contribution is 2.54. The fraction of sp³-hybridized carbons (Fsp3) is 0.643. The Balaban J connectivity index is 1.57. The molecule has 0 spiro atoms. The Bertz CT molecular complexity index is 429. The van der Waals surface area contributed by atoms with Crippen molar-refractivity contribution in [2.45, 2.75) is 39.2 Å². The summed E-state index contributed by atoms with van der Waals surface area (Å²) in [5.74, 6) is 2.33. The van der Waals surface area contributed by atoms with Gasteiger partial charge in [0.15, 0.2) is 0 Å². The molecule has 3 unspecified atom stereocenters. The van der Waals surface area contributed by atoms with Crippen molar-refractivity contribution in [3.63, 3.8) is 0 Å². The van der Waals surface area contributed by atoms with Gasteiger partial charge in [0.2, 0.25) is 5.91 Å². The Morgan fingerprint density at radius 2 is 2.06 bits per heavy atom. The molecule has 3 heteroatoms. The SMILES string of the molecule is Cc1ccc(C(C)NC(=O)C2CC3CC3C2)s1. The summed E-state index contributed by atoms with van der Waals surface area (Å²) in [6.07, 6.45) is 3.64. The smallest absolute Gasteiger partial charge is 0.223 e. The second-order valence-corrected chi connectivity index (χ2v) is 6.92. The summed E-state index contributed by atoms with van der Waals surface area (Å²) in [6.45, 7) is 4.19. The van der Waals surface area contributed by atoms with Gasteiger partial charge >= 0.3 is 0 Å². The number of hydrogen-bond donors (Lipinski definition) is 1. The lowest BCUT2D eigenvalue weighted by molar-refractivity contribution is -0.125.